The minimum Gasteiger partial charge on any atom is -0.351 e. The number of anilines is 3. The quantitative estimate of drug-likeness (QED) is 0.374. The number of para-hydroxylation sites is 2. The molecule has 5 nitrogen and oxygen atoms in total. The number of rotatable bonds is 1. The number of aryl methyl sites for hydroxylation is 3. The Morgan fingerprint density at radius 2 is 1.57 bits per heavy atom. The lowest BCUT2D eigenvalue weighted by Gasteiger charge is -2.28. The van der Waals surface area contributed by atoms with E-state index in [1.165, 1.54) is 44.7 Å². The Hall–Kier alpha value is -3.47. The zero-order chi connectivity index (χ0) is 20.7. The SMILES string of the molecule is Cc1ccccc1N1c2ccc3c(c2N(C)[C@@H]1C)n(C)c1nc2c(C)cccc2n31. The van der Waals surface area contributed by atoms with Crippen LogP contribution in [0, 0.1) is 13.8 Å². The summed E-state index contributed by atoms with van der Waals surface area (Å²) in [7, 11) is 4.33. The fourth-order valence-corrected chi connectivity index (χ4v) is 5.13. The lowest BCUT2D eigenvalue weighted by atomic mass is 10.1. The fourth-order valence-electron chi connectivity index (χ4n) is 5.13. The van der Waals surface area contributed by atoms with Crippen LogP contribution in [0.1, 0.15) is 18.1 Å². The molecule has 0 unspecified atom stereocenters. The summed E-state index contributed by atoms with van der Waals surface area (Å²) < 4.78 is 4.55. The van der Waals surface area contributed by atoms with Crippen molar-refractivity contribution in [1.82, 2.24) is 14.0 Å². The summed E-state index contributed by atoms with van der Waals surface area (Å²) in [6, 6.07) is 19.6. The second-order valence-corrected chi connectivity index (χ2v) is 8.45. The van der Waals surface area contributed by atoms with Gasteiger partial charge in [0.1, 0.15) is 6.17 Å². The van der Waals surface area contributed by atoms with Gasteiger partial charge < -0.3 is 14.4 Å². The highest BCUT2D eigenvalue weighted by Crippen LogP contribution is 2.48. The standard InChI is InChI=1S/C25H25N5/c1-15-9-6-7-11-18(15)29-17(3)27(4)23-20(29)13-14-21-24(23)28(5)25-26-22-16(2)10-8-12-19(22)30(21)25/h6-14,17H,1-5H3/t17-/m0/s1. The van der Waals surface area contributed by atoms with Crippen LogP contribution >= 0.6 is 0 Å². The summed E-state index contributed by atoms with van der Waals surface area (Å²) in [5.41, 5.74) is 10.9. The average Bonchev–Trinajstić information content (AvgIpc) is 3.34. The van der Waals surface area contributed by atoms with Crippen LogP contribution < -0.4 is 9.80 Å². The summed E-state index contributed by atoms with van der Waals surface area (Å²) in [4.78, 5) is 9.84. The molecule has 1 atom stereocenters. The molecule has 0 aliphatic carbocycles. The third-order valence-corrected chi connectivity index (χ3v) is 6.78. The molecule has 0 fully saturated rings. The zero-order valence-electron chi connectivity index (χ0n) is 18.0. The highest BCUT2D eigenvalue weighted by Gasteiger charge is 2.35. The van der Waals surface area contributed by atoms with E-state index in [-0.39, 0.29) is 6.17 Å². The molecule has 0 radical (unpaired) electrons. The third-order valence-electron chi connectivity index (χ3n) is 6.78. The molecule has 3 heterocycles. The van der Waals surface area contributed by atoms with Gasteiger partial charge in [-0.15, -0.1) is 0 Å². The maximum absolute atomic E-state index is 5.01. The van der Waals surface area contributed by atoms with Crippen molar-refractivity contribution in [3.05, 3.63) is 65.7 Å². The second-order valence-electron chi connectivity index (χ2n) is 8.45. The summed E-state index contributed by atoms with van der Waals surface area (Å²) in [5.74, 6) is 0.984. The minimum absolute atomic E-state index is 0.230. The molecule has 0 saturated carbocycles. The molecule has 1 aliphatic rings. The first-order valence-electron chi connectivity index (χ1n) is 10.5. The first kappa shape index (κ1) is 17.4. The average molecular weight is 396 g/mol. The predicted octanol–water partition coefficient (Wildman–Crippen LogP) is 5.53. The van der Waals surface area contributed by atoms with Gasteiger partial charge >= 0.3 is 0 Å². The van der Waals surface area contributed by atoms with E-state index < -0.39 is 0 Å². The van der Waals surface area contributed by atoms with Crippen molar-refractivity contribution in [3.63, 3.8) is 0 Å². The van der Waals surface area contributed by atoms with Gasteiger partial charge in [0.15, 0.2) is 0 Å². The Bertz CT molecular complexity index is 1470. The maximum atomic E-state index is 5.01. The summed E-state index contributed by atoms with van der Waals surface area (Å²) >= 11 is 0. The van der Waals surface area contributed by atoms with Crippen molar-refractivity contribution in [2.75, 3.05) is 16.8 Å². The van der Waals surface area contributed by atoms with E-state index in [4.69, 9.17) is 4.98 Å². The normalized spacial score (nSPS) is 16.4. The van der Waals surface area contributed by atoms with E-state index >= 15 is 0 Å². The second kappa shape index (κ2) is 5.79. The van der Waals surface area contributed by atoms with Crippen molar-refractivity contribution in [2.45, 2.75) is 26.9 Å². The van der Waals surface area contributed by atoms with E-state index in [1.54, 1.807) is 0 Å². The van der Waals surface area contributed by atoms with Gasteiger partial charge in [0.2, 0.25) is 5.78 Å². The van der Waals surface area contributed by atoms with Gasteiger partial charge in [-0.25, -0.2) is 4.98 Å². The van der Waals surface area contributed by atoms with Gasteiger partial charge in [0, 0.05) is 19.8 Å². The maximum Gasteiger partial charge on any atom is 0.215 e. The molecule has 30 heavy (non-hydrogen) atoms. The lowest BCUT2D eigenvalue weighted by Crippen LogP contribution is -2.36. The van der Waals surface area contributed by atoms with Gasteiger partial charge in [-0.05, 0) is 56.2 Å². The van der Waals surface area contributed by atoms with Crippen molar-refractivity contribution < 1.29 is 0 Å². The Kier molecular flexibility index (Phi) is 3.35. The van der Waals surface area contributed by atoms with Gasteiger partial charge in [0.25, 0.3) is 0 Å². The third kappa shape index (κ3) is 1.99. The Balaban J connectivity index is 1.71. The summed E-state index contributed by atoms with van der Waals surface area (Å²) in [6.07, 6.45) is 0.230. The van der Waals surface area contributed by atoms with Crippen molar-refractivity contribution in [1.29, 1.82) is 0 Å². The summed E-state index contributed by atoms with van der Waals surface area (Å²) in [5, 5.41) is 0. The molecule has 0 spiro atoms. The summed E-state index contributed by atoms with van der Waals surface area (Å²) in [6.45, 7) is 6.58. The van der Waals surface area contributed by atoms with Gasteiger partial charge in [-0.3, -0.25) is 4.40 Å². The molecule has 3 aromatic carbocycles. The van der Waals surface area contributed by atoms with E-state index in [0.717, 1.165) is 11.3 Å². The van der Waals surface area contributed by atoms with Crippen LogP contribution in [0.5, 0.6) is 0 Å². The first-order valence-corrected chi connectivity index (χ1v) is 10.5. The van der Waals surface area contributed by atoms with Crippen molar-refractivity contribution in [2.24, 2.45) is 7.05 Å². The van der Waals surface area contributed by atoms with Crippen LogP contribution in [0.3, 0.4) is 0 Å². The molecule has 150 valence electrons. The van der Waals surface area contributed by atoms with Gasteiger partial charge in [0.05, 0.1) is 33.4 Å². The number of aromatic nitrogens is 3. The van der Waals surface area contributed by atoms with Crippen LogP contribution in [0.4, 0.5) is 17.1 Å². The van der Waals surface area contributed by atoms with E-state index in [9.17, 15) is 0 Å². The fraction of sp³-hybridized carbons (Fsp3) is 0.240. The van der Waals surface area contributed by atoms with Crippen LogP contribution in [-0.2, 0) is 7.05 Å². The van der Waals surface area contributed by atoms with E-state index in [2.05, 4.69) is 108 Å². The molecular formula is C25H25N5. The van der Waals surface area contributed by atoms with Crippen LogP contribution in [0.2, 0.25) is 0 Å². The highest BCUT2D eigenvalue weighted by atomic mass is 15.4. The lowest BCUT2D eigenvalue weighted by molar-refractivity contribution is 0.732. The molecular weight excluding hydrogens is 370 g/mol. The largest absolute Gasteiger partial charge is 0.351 e. The van der Waals surface area contributed by atoms with Crippen LogP contribution in [0.25, 0.3) is 27.8 Å². The molecule has 1 aliphatic heterocycles. The van der Waals surface area contributed by atoms with Gasteiger partial charge in [-0.1, -0.05) is 30.3 Å². The minimum atomic E-state index is 0.230. The number of hydrogen-bond donors (Lipinski definition) is 0. The number of fused-ring (bicyclic) bond motifs is 7. The Morgan fingerprint density at radius 1 is 0.800 bits per heavy atom. The molecule has 5 heteroatoms. The smallest absolute Gasteiger partial charge is 0.215 e. The molecule has 0 bridgehead atoms. The number of nitrogens with zero attached hydrogens (tertiary/aromatic N) is 5. The molecule has 6 rings (SSSR count). The van der Waals surface area contributed by atoms with Crippen molar-refractivity contribution in [3.8, 4) is 0 Å². The van der Waals surface area contributed by atoms with Gasteiger partial charge in [-0.2, -0.15) is 0 Å². The number of imidazole rings is 2. The molecule has 5 aromatic rings. The van der Waals surface area contributed by atoms with E-state index in [0.29, 0.717) is 0 Å². The molecule has 2 aromatic heterocycles. The Labute approximate surface area is 175 Å². The molecule has 0 N–H and O–H groups in total. The highest BCUT2D eigenvalue weighted by molar-refractivity contribution is 6.05. The monoisotopic (exact) mass is 395 g/mol. The Morgan fingerprint density at radius 3 is 2.37 bits per heavy atom. The number of hydrogen-bond acceptors (Lipinski definition) is 3. The molecule has 0 saturated heterocycles. The van der Waals surface area contributed by atoms with Crippen molar-refractivity contribution >= 4 is 44.9 Å². The van der Waals surface area contributed by atoms with Crippen LogP contribution in [-0.4, -0.2) is 27.2 Å². The topological polar surface area (TPSA) is 28.7 Å². The van der Waals surface area contributed by atoms with Crippen LogP contribution in [0.15, 0.2) is 54.6 Å². The zero-order valence-corrected chi connectivity index (χ0v) is 18.0. The first-order chi connectivity index (χ1) is 14.5. The molecule has 0 amide bonds. The number of benzene rings is 3. The predicted molar refractivity (Wildman–Crippen MR) is 125 cm³/mol. The van der Waals surface area contributed by atoms with E-state index in [1.807, 2.05) is 0 Å².